The van der Waals surface area contributed by atoms with Crippen LogP contribution in [0, 0.1) is 5.82 Å². The maximum Gasteiger partial charge on any atom is 0.267 e. The van der Waals surface area contributed by atoms with E-state index in [1.807, 2.05) is 26.2 Å². The Balaban J connectivity index is 2.44. The fraction of sp³-hybridized carbons (Fsp3) is 0.235. The van der Waals surface area contributed by atoms with E-state index in [4.69, 9.17) is 17.4 Å². The first-order chi connectivity index (χ1) is 12.0. The predicted molar refractivity (Wildman–Crippen MR) is 99.0 cm³/mol. The van der Waals surface area contributed by atoms with E-state index in [1.54, 1.807) is 12.1 Å². The molecule has 0 atom stereocenters. The van der Waals surface area contributed by atoms with Crippen LogP contribution in [-0.2, 0) is 15.4 Å². The summed E-state index contributed by atoms with van der Waals surface area (Å²) in [5.74, 6) is 3.39. The molecule has 4 N–H and O–H groups in total. The highest BCUT2D eigenvalue weighted by Crippen LogP contribution is 2.28. The van der Waals surface area contributed by atoms with E-state index in [2.05, 4.69) is 4.72 Å². The number of hydrogen-bond donors (Lipinski definition) is 3. The quantitative estimate of drug-likeness (QED) is 0.417. The van der Waals surface area contributed by atoms with E-state index < -0.39 is 21.7 Å². The Morgan fingerprint density at radius 3 is 2.23 bits per heavy atom. The van der Waals surface area contributed by atoms with Crippen molar-refractivity contribution < 1.29 is 17.6 Å². The molecule has 2 rings (SSSR count). The van der Waals surface area contributed by atoms with E-state index in [9.17, 15) is 17.6 Å². The minimum absolute atomic E-state index is 0.0278. The zero-order valence-corrected chi connectivity index (χ0v) is 16.0. The number of nitrogens with one attached hydrogen (secondary N) is 2. The topological polar surface area (TPSA) is 101 Å². The average molecular weight is 400 g/mol. The van der Waals surface area contributed by atoms with Crippen LogP contribution in [0.2, 0.25) is 5.02 Å². The summed E-state index contributed by atoms with van der Waals surface area (Å²) >= 11 is 5.66. The summed E-state index contributed by atoms with van der Waals surface area (Å²) in [4.78, 5) is 11.8. The van der Waals surface area contributed by atoms with Crippen LogP contribution in [0.3, 0.4) is 0 Å². The van der Waals surface area contributed by atoms with Gasteiger partial charge in [-0.1, -0.05) is 44.5 Å². The predicted octanol–water partition coefficient (Wildman–Crippen LogP) is 3.18. The molecule has 0 bridgehead atoms. The van der Waals surface area contributed by atoms with E-state index in [1.165, 1.54) is 12.1 Å². The molecule has 0 saturated heterocycles. The first kappa shape index (κ1) is 20.2. The number of amides is 1. The summed E-state index contributed by atoms with van der Waals surface area (Å²) in [6, 6.07) is 8.11. The molecule has 2 aromatic rings. The molecule has 0 aliphatic carbocycles. The maximum atomic E-state index is 13.8. The number of rotatable bonds is 4. The summed E-state index contributed by atoms with van der Waals surface area (Å²) in [5, 5.41) is -0.332. The molecule has 26 heavy (non-hydrogen) atoms. The van der Waals surface area contributed by atoms with Crippen molar-refractivity contribution in [2.75, 3.05) is 4.72 Å². The van der Waals surface area contributed by atoms with E-state index in [0.29, 0.717) is 0 Å². The van der Waals surface area contributed by atoms with Crippen molar-refractivity contribution in [3.63, 3.8) is 0 Å². The molecule has 6 nitrogen and oxygen atoms in total. The Labute approximate surface area is 156 Å². The molecule has 0 aliphatic heterocycles. The van der Waals surface area contributed by atoms with E-state index in [-0.39, 0.29) is 26.6 Å². The van der Waals surface area contributed by atoms with Crippen LogP contribution in [0.1, 0.15) is 36.7 Å². The zero-order valence-electron chi connectivity index (χ0n) is 14.4. The van der Waals surface area contributed by atoms with Crippen molar-refractivity contribution in [3.8, 4) is 0 Å². The second-order valence-electron chi connectivity index (χ2n) is 6.67. The fourth-order valence-electron chi connectivity index (χ4n) is 2.23. The van der Waals surface area contributed by atoms with Gasteiger partial charge in [0.1, 0.15) is 5.82 Å². The van der Waals surface area contributed by atoms with Crippen LogP contribution in [0.25, 0.3) is 0 Å². The highest BCUT2D eigenvalue weighted by molar-refractivity contribution is 7.92. The molecule has 0 fully saturated rings. The molecule has 0 spiro atoms. The normalized spacial score (nSPS) is 11.9. The van der Waals surface area contributed by atoms with E-state index >= 15 is 0 Å². The molecular weight excluding hydrogens is 381 g/mol. The first-order valence-electron chi connectivity index (χ1n) is 7.59. The SMILES string of the molecule is CC(C)(C)c1ccc(S(=O)(=O)Nc2cc(F)c(Cl)cc2C(=O)NN)cc1. The summed E-state index contributed by atoms with van der Waals surface area (Å²) in [7, 11) is -4.05. The molecule has 1 amide bonds. The number of nitrogen functional groups attached to an aromatic ring is 1. The molecule has 140 valence electrons. The lowest BCUT2D eigenvalue weighted by atomic mass is 9.87. The number of nitrogens with two attached hydrogens (primary N) is 1. The van der Waals surface area contributed by atoms with Crippen molar-refractivity contribution in [2.24, 2.45) is 5.84 Å². The largest absolute Gasteiger partial charge is 0.290 e. The number of halogens is 2. The van der Waals surface area contributed by atoms with Gasteiger partial charge in [0.15, 0.2) is 0 Å². The second kappa shape index (κ2) is 7.22. The molecule has 0 aliphatic rings. The summed E-state index contributed by atoms with van der Waals surface area (Å²) in [5.41, 5.74) is 2.21. The van der Waals surface area contributed by atoms with Gasteiger partial charge in [-0.25, -0.2) is 18.7 Å². The van der Waals surface area contributed by atoms with Crippen molar-refractivity contribution in [2.45, 2.75) is 31.1 Å². The third-order valence-electron chi connectivity index (χ3n) is 3.71. The van der Waals surface area contributed by atoms with Crippen molar-refractivity contribution >= 4 is 33.2 Å². The van der Waals surface area contributed by atoms with Crippen LogP contribution in [0.5, 0.6) is 0 Å². The third-order valence-corrected chi connectivity index (χ3v) is 5.38. The Morgan fingerprint density at radius 2 is 1.73 bits per heavy atom. The van der Waals surface area contributed by atoms with Gasteiger partial charge < -0.3 is 0 Å². The molecule has 0 heterocycles. The number of carbonyl (C=O) groups excluding carboxylic acids is 1. The molecule has 2 aromatic carbocycles. The monoisotopic (exact) mass is 399 g/mol. The number of hydrazine groups is 1. The van der Waals surface area contributed by atoms with Gasteiger partial charge in [-0.05, 0) is 29.2 Å². The number of sulfonamides is 1. The summed E-state index contributed by atoms with van der Waals surface area (Å²) in [6.45, 7) is 6.01. The number of anilines is 1. The molecule has 0 radical (unpaired) electrons. The van der Waals surface area contributed by atoms with Gasteiger partial charge in [-0.2, -0.15) is 0 Å². The van der Waals surface area contributed by atoms with Crippen LogP contribution in [-0.4, -0.2) is 14.3 Å². The summed E-state index contributed by atoms with van der Waals surface area (Å²) in [6.07, 6.45) is 0. The summed E-state index contributed by atoms with van der Waals surface area (Å²) < 4.78 is 41.1. The average Bonchev–Trinajstić information content (AvgIpc) is 2.56. The highest BCUT2D eigenvalue weighted by atomic mass is 35.5. The van der Waals surface area contributed by atoms with Gasteiger partial charge in [-0.15, -0.1) is 0 Å². The van der Waals surface area contributed by atoms with E-state index in [0.717, 1.165) is 17.7 Å². The molecular formula is C17H19ClFN3O3S. The Kier molecular flexibility index (Phi) is 5.60. The van der Waals surface area contributed by atoms with Crippen molar-refractivity contribution in [1.82, 2.24) is 5.43 Å². The lowest BCUT2D eigenvalue weighted by Crippen LogP contribution is -2.31. The maximum absolute atomic E-state index is 13.8. The number of carbonyl (C=O) groups is 1. The van der Waals surface area contributed by atoms with Crippen LogP contribution in [0.4, 0.5) is 10.1 Å². The van der Waals surface area contributed by atoms with Crippen LogP contribution in [0.15, 0.2) is 41.3 Å². The Hall–Kier alpha value is -2.16. The van der Waals surface area contributed by atoms with Crippen LogP contribution >= 0.6 is 11.6 Å². The standard InChI is InChI=1S/C17H19ClFN3O3S/c1-17(2,3)10-4-6-11(7-5-10)26(24,25)22-15-9-14(19)13(18)8-12(15)16(23)21-20/h4-9,22H,20H2,1-3H3,(H,21,23). The lowest BCUT2D eigenvalue weighted by Gasteiger charge is -2.19. The van der Waals surface area contributed by atoms with Gasteiger partial charge in [-0.3, -0.25) is 14.9 Å². The zero-order chi connectivity index (χ0) is 19.7. The fourth-order valence-corrected chi connectivity index (χ4v) is 3.47. The minimum Gasteiger partial charge on any atom is -0.290 e. The van der Waals surface area contributed by atoms with Gasteiger partial charge in [0, 0.05) is 6.07 Å². The molecule has 0 unspecified atom stereocenters. The second-order valence-corrected chi connectivity index (χ2v) is 8.75. The lowest BCUT2D eigenvalue weighted by molar-refractivity contribution is 0.0954. The number of benzene rings is 2. The van der Waals surface area contributed by atoms with Crippen molar-refractivity contribution in [3.05, 3.63) is 58.4 Å². The van der Waals surface area contributed by atoms with Gasteiger partial charge in [0.05, 0.1) is 21.2 Å². The van der Waals surface area contributed by atoms with Crippen LogP contribution < -0.4 is 16.0 Å². The third kappa shape index (κ3) is 4.32. The van der Waals surface area contributed by atoms with Crippen molar-refractivity contribution in [1.29, 1.82) is 0 Å². The smallest absolute Gasteiger partial charge is 0.267 e. The Bertz CT molecular complexity index is 939. The minimum atomic E-state index is -4.05. The Morgan fingerprint density at radius 1 is 1.15 bits per heavy atom. The van der Waals surface area contributed by atoms with Gasteiger partial charge >= 0.3 is 0 Å². The molecule has 0 aromatic heterocycles. The molecule has 9 heteroatoms. The molecule has 0 saturated carbocycles. The van der Waals surface area contributed by atoms with Gasteiger partial charge in [0.2, 0.25) is 0 Å². The highest BCUT2D eigenvalue weighted by Gasteiger charge is 2.22. The first-order valence-corrected chi connectivity index (χ1v) is 9.45. The number of hydrogen-bond acceptors (Lipinski definition) is 4. The van der Waals surface area contributed by atoms with Gasteiger partial charge in [0.25, 0.3) is 15.9 Å².